The van der Waals surface area contributed by atoms with Crippen molar-refractivity contribution < 1.29 is 4.79 Å². The van der Waals surface area contributed by atoms with Crippen molar-refractivity contribution in [3.63, 3.8) is 0 Å². The van der Waals surface area contributed by atoms with Crippen LogP contribution in [0.3, 0.4) is 0 Å². The number of carbonyl (C=O) groups excluding carboxylic acids is 1. The van der Waals surface area contributed by atoms with E-state index in [4.69, 9.17) is 12.2 Å². The molecule has 128 valence electrons. The Balaban J connectivity index is 1.45. The number of anilines is 1. The molecule has 0 radical (unpaired) electrons. The highest BCUT2D eigenvalue weighted by Crippen LogP contribution is 2.27. The minimum Gasteiger partial charge on any atom is -0.357 e. The lowest BCUT2D eigenvalue weighted by Gasteiger charge is -2.45. The van der Waals surface area contributed by atoms with Gasteiger partial charge in [0.2, 0.25) is 5.91 Å². The predicted molar refractivity (Wildman–Crippen MR) is 100 cm³/mol. The second-order valence-corrected chi connectivity index (χ2v) is 6.80. The van der Waals surface area contributed by atoms with Crippen LogP contribution in [-0.4, -0.2) is 47.8 Å². The number of amides is 1. The molecule has 1 amide bonds. The van der Waals surface area contributed by atoms with Gasteiger partial charge < -0.3 is 15.5 Å². The molecule has 0 aliphatic carbocycles. The Morgan fingerprint density at radius 2 is 2.00 bits per heavy atom. The number of hydrazone groups is 1. The zero-order valence-electron chi connectivity index (χ0n) is 13.8. The molecule has 1 atom stereocenters. The minimum absolute atomic E-state index is 0.0813. The zero-order valence-corrected chi connectivity index (χ0v) is 14.6. The standard InChI is InChI=1S/C17H23N5OS/c1-12(23)19-15-4-2-13(3-5-15)10-18-21-17(24)20-16-11-22-8-6-14(16)7-9-22/h2-5,10,14,16H,6-9,11H2,1H3,(H,19,23)(H2,20,21,24)/b18-10-/t16-/m0/s1. The van der Waals surface area contributed by atoms with Gasteiger partial charge in [-0.1, -0.05) is 12.1 Å². The third-order valence-corrected chi connectivity index (χ3v) is 4.79. The van der Waals surface area contributed by atoms with Crippen molar-refractivity contribution in [3.8, 4) is 0 Å². The lowest BCUT2D eigenvalue weighted by molar-refractivity contribution is -0.114. The van der Waals surface area contributed by atoms with E-state index in [0.717, 1.165) is 23.7 Å². The average Bonchev–Trinajstić information content (AvgIpc) is 2.57. The van der Waals surface area contributed by atoms with Gasteiger partial charge in [-0.05, 0) is 61.8 Å². The number of benzene rings is 1. The Morgan fingerprint density at radius 1 is 1.29 bits per heavy atom. The molecule has 2 bridgehead atoms. The molecule has 7 heteroatoms. The first-order valence-corrected chi connectivity index (χ1v) is 8.70. The first-order valence-electron chi connectivity index (χ1n) is 8.30. The summed E-state index contributed by atoms with van der Waals surface area (Å²) in [7, 11) is 0. The van der Waals surface area contributed by atoms with Gasteiger partial charge in [0.1, 0.15) is 0 Å². The van der Waals surface area contributed by atoms with E-state index < -0.39 is 0 Å². The number of hydrogen-bond acceptors (Lipinski definition) is 4. The molecular formula is C17H23N5OS. The summed E-state index contributed by atoms with van der Waals surface area (Å²) in [6.45, 7) is 4.99. The Hall–Kier alpha value is -1.99. The topological polar surface area (TPSA) is 68.8 Å². The van der Waals surface area contributed by atoms with Gasteiger partial charge in [-0.15, -0.1) is 0 Å². The summed E-state index contributed by atoms with van der Waals surface area (Å²) < 4.78 is 0. The molecule has 3 saturated heterocycles. The Labute approximate surface area is 147 Å². The van der Waals surface area contributed by atoms with Crippen LogP contribution in [0, 0.1) is 5.92 Å². The van der Waals surface area contributed by atoms with Gasteiger partial charge in [0, 0.05) is 25.2 Å². The van der Waals surface area contributed by atoms with E-state index in [1.54, 1.807) is 6.21 Å². The molecule has 3 heterocycles. The number of nitrogens with one attached hydrogen (secondary N) is 3. The quantitative estimate of drug-likeness (QED) is 0.439. The fourth-order valence-electron chi connectivity index (χ4n) is 3.35. The van der Waals surface area contributed by atoms with Crippen molar-refractivity contribution in [2.24, 2.45) is 11.0 Å². The Kier molecular flexibility index (Phi) is 5.42. The maximum atomic E-state index is 11.0. The van der Waals surface area contributed by atoms with Crippen LogP contribution in [0.5, 0.6) is 0 Å². The van der Waals surface area contributed by atoms with Crippen LogP contribution in [0.25, 0.3) is 0 Å². The predicted octanol–water partition coefficient (Wildman–Crippen LogP) is 1.54. The van der Waals surface area contributed by atoms with Crippen molar-refractivity contribution >= 4 is 35.1 Å². The maximum Gasteiger partial charge on any atom is 0.221 e. The van der Waals surface area contributed by atoms with E-state index in [1.807, 2.05) is 24.3 Å². The van der Waals surface area contributed by atoms with Gasteiger partial charge in [0.15, 0.2) is 5.11 Å². The summed E-state index contributed by atoms with van der Waals surface area (Å²) in [4.78, 5) is 13.5. The summed E-state index contributed by atoms with van der Waals surface area (Å²) in [5.74, 6) is 0.641. The summed E-state index contributed by atoms with van der Waals surface area (Å²) in [6.07, 6.45) is 4.22. The van der Waals surface area contributed by atoms with Gasteiger partial charge in [-0.2, -0.15) is 5.10 Å². The Morgan fingerprint density at radius 3 is 2.58 bits per heavy atom. The molecule has 3 aliphatic heterocycles. The minimum atomic E-state index is -0.0813. The van der Waals surface area contributed by atoms with Crippen LogP contribution in [-0.2, 0) is 4.79 Å². The third-order valence-electron chi connectivity index (χ3n) is 4.58. The molecule has 4 rings (SSSR count). The smallest absolute Gasteiger partial charge is 0.221 e. The van der Waals surface area contributed by atoms with Gasteiger partial charge >= 0.3 is 0 Å². The molecule has 0 aromatic heterocycles. The van der Waals surface area contributed by atoms with E-state index in [2.05, 4.69) is 26.1 Å². The molecule has 3 fully saturated rings. The number of hydrogen-bond donors (Lipinski definition) is 3. The molecule has 6 nitrogen and oxygen atoms in total. The largest absolute Gasteiger partial charge is 0.357 e. The molecule has 1 aromatic rings. The second kappa shape index (κ2) is 7.72. The zero-order chi connectivity index (χ0) is 16.9. The van der Waals surface area contributed by atoms with Gasteiger partial charge in [0.05, 0.1) is 6.21 Å². The van der Waals surface area contributed by atoms with Crippen molar-refractivity contribution in [2.45, 2.75) is 25.8 Å². The number of nitrogens with zero attached hydrogens (tertiary/aromatic N) is 2. The molecular weight excluding hydrogens is 322 g/mol. The van der Waals surface area contributed by atoms with Crippen molar-refractivity contribution in [1.29, 1.82) is 0 Å². The van der Waals surface area contributed by atoms with Crippen molar-refractivity contribution in [3.05, 3.63) is 29.8 Å². The molecule has 1 aromatic carbocycles. The second-order valence-electron chi connectivity index (χ2n) is 6.39. The Bertz CT molecular complexity index is 622. The molecule has 24 heavy (non-hydrogen) atoms. The molecule has 0 saturated carbocycles. The lowest BCUT2D eigenvalue weighted by Crippen LogP contribution is -2.58. The highest BCUT2D eigenvalue weighted by atomic mass is 32.1. The molecule has 3 aliphatic rings. The van der Waals surface area contributed by atoms with Crippen LogP contribution in [0.2, 0.25) is 0 Å². The molecule has 0 spiro atoms. The summed E-state index contributed by atoms with van der Waals surface area (Å²) in [5.41, 5.74) is 4.59. The van der Waals surface area contributed by atoms with Gasteiger partial charge in [-0.25, -0.2) is 0 Å². The fraction of sp³-hybridized carbons (Fsp3) is 0.471. The first-order chi connectivity index (χ1) is 11.6. The number of rotatable bonds is 4. The van der Waals surface area contributed by atoms with Crippen LogP contribution >= 0.6 is 12.2 Å². The number of fused-ring (bicyclic) bond motifs is 3. The van der Waals surface area contributed by atoms with E-state index in [-0.39, 0.29) is 5.91 Å². The van der Waals surface area contributed by atoms with Crippen LogP contribution in [0.15, 0.2) is 29.4 Å². The van der Waals surface area contributed by atoms with Crippen molar-refractivity contribution in [1.82, 2.24) is 15.6 Å². The maximum absolute atomic E-state index is 11.0. The summed E-state index contributed by atoms with van der Waals surface area (Å²) >= 11 is 5.33. The monoisotopic (exact) mass is 345 g/mol. The highest BCUT2D eigenvalue weighted by Gasteiger charge is 2.34. The van der Waals surface area contributed by atoms with Gasteiger partial charge in [0.25, 0.3) is 0 Å². The lowest BCUT2D eigenvalue weighted by atomic mass is 9.84. The van der Waals surface area contributed by atoms with E-state index >= 15 is 0 Å². The van der Waals surface area contributed by atoms with E-state index in [9.17, 15) is 4.79 Å². The molecule has 0 unspecified atom stereocenters. The first kappa shape index (κ1) is 16.9. The van der Waals surface area contributed by atoms with Gasteiger partial charge in [-0.3, -0.25) is 10.2 Å². The number of piperidine rings is 3. The summed E-state index contributed by atoms with van der Waals surface area (Å²) in [5, 5.41) is 10.9. The van der Waals surface area contributed by atoms with E-state index in [0.29, 0.717) is 11.2 Å². The van der Waals surface area contributed by atoms with Crippen molar-refractivity contribution in [2.75, 3.05) is 25.0 Å². The van der Waals surface area contributed by atoms with Crippen LogP contribution in [0.1, 0.15) is 25.3 Å². The van der Waals surface area contributed by atoms with Crippen LogP contribution < -0.4 is 16.1 Å². The van der Waals surface area contributed by atoms with E-state index in [1.165, 1.54) is 32.9 Å². The molecule has 3 N–H and O–H groups in total. The number of thiocarbonyl (C=S) groups is 1. The highest BCUT2D eigenvalue weighted by molar-refractivity contribution is 7.80. The summed E-state index contributed by atoms with van der Waals surface area (Å²) in [6, 6.07) is 7.89. The number of carbonyl (C=O) groups is 1. The fourth-order valence-corrected chi connectivity index (χ4v) is 3.55. The third kappa shape index (κ3) is 4.52. The average molecular weight is 345 g/mol. The van der Waals surface area contributed by atoms with Crippen LogP contribution in [0.4, 0.5) is 5.69 Å². The normalized spacial score (nSPS) is 25.5. The SMILES string of the molecule is CC(=O)Nc1ccc(/C=N\NC(=S)N[C@H]2CN3CCC2CC3)cc1.